The quantitative estimate of drug-likeness (QED) is 0.189. The van der Waals surface area contributed by atoms with Gasteiger partial charge in [0.2, 0.25) is 0 Å². The molecule has 13 atom stereocenters. The van der Waals surface area contributed by atoms with Crippen LogP contribution >= 0.6 is 0 Å². The SMILES string of the molecule is OC[C@H]1NC[C@@H](O)C1[C@H]1O[C@H](CO)[C@@H](O[C@@H]2O[C@H](CF)[C@@H](O)[C@H](O)[C@H]2O)[C@H](O)[C@H]1O. The number of hydrogen-bond donors (Lipinski definition) is 9. The highest BCUT2D eigenvalue weighted by Gasteiger charge is 2.54. The smallest absolute Gasteiger partial charge is 0.187 e. The van der Waals surface area contributed by atoms with E-state index in [0.717, 1.165) is 0 Å². The van der Waals surface area contributed by atoms with Crippen LogP contribution in [0.4, 0.5) is 4.39 Å². The zero-order valence-electron chi connectivity index (χ0n) is 16.0. The summed E-state index contributed by atoms with van der Waals surface area (Å²) in [5.41, 5.74) is 0. The number of alkyl halides is 1. The molecule has 12 nitrogen and oxygen atoms in total. The molecule has 3 aliphatic heterocycles. The van der Waals surface area contributed by atoms with Crippen molar-refractivity contribution in [1.29, 1.82) is 0 Å². The van der Waals surface area contributed by atoms with Gasteiger partial charge in [-0.15, -0.1) is 0 Å². The van der Waals surface area contributed by atoms with Crippen molar-refractivity contribution in [1.82, 2.24) is 5.32 Å². The van der Waals surface area contributed by atoms with Crippen LogP contribution in [0.5, 0.6) is 0 Å². The number of nitrogens with one attached hydrogen (secondary N) is 1. The number of ether oxygens (including phenoxy) is 3. The molecule has 3 aliphatic rings. The first-order valence-electron chi connectivity index (χ1n) is 9.81. The lowest BCUT2D eigenvalue weighted by atomic mass is 9.83. The Labute approximate surface area is 171 Å². The van der Waals surface area contributed by atoms with Crippen molar-refractivity contribution >= 4 is 0 Å². The van der Waals surface area contributed by atoms with Crippen LogP contribution in [-0.2, 0) is 14.2 Å². The van der Waals surface area contributed by atoms with Gasteiger partial charge in [0.1, 0.15) is 55.5 Å². The van der Waals surface area contributed by atoms with Gasteiger partial charge in [0.25, 0.3) is 0 Å². The van der Waals surface area contributed by atoms with Gasteiger partial charge >= 0.3 is 0 Å². The first kappa shape index (κ1) is 24.1. The van der Waals surface area contributed by atoms with Crippen molar-refractivity contribution in [3.63, 3.8) is 0 Å². The Morgan fingerprint density at radius 3 is 2.13 bits per heavy atom. The molecule has 0 amide bonds. The average Bonchev–Trinajstić information content (AvgIpc) is 3.12. The molecule has 0 aromatic rings. The van der Waals surface area contributed by atoms with Gasteiger partial charge in [0.05, 0.1) is 25.4 Å². The van der Waals surface area contributed by atoms with Gasteiger partial charge in [-0.2, -0.15) is 0 Å². The van der Waals surface area contributed by atoms with E-state index in [1.165, 1.54) is 0 Å². The van der Waals surface area contributed by atoms with E-state index < -0.39 is 92.6 Å². The first-order chi connectivity index (χ1) is 14.2. The lowest BCUT2D eigenvalue weighted by Crippen LogP contribution is -2.66. The second-order valence-corrected chi connectivity index (χ2v) is 7.91. The molecule has 3 saturated heterocycles. The summed E-state index contributed by atoms with van der Waals surface area (Å²) >= 11 is 0. The van der Waals surface area contributed by atoms with Gasteiger partial charge in [-0.05, 0) is 0 Å². The molecule has 3 heterocycles. The molecule has 3 rings (SSSR count). The highest BCUT2D eigenvalue weighted by Crippen LogP contribution is 2.34. The molecule has 0 radical (unpaired) electrons. The summed E-state index contributed by atoms with van der Waals surface area (Å²) in [6.45, 7) is -2.10. The molecule has 176 valence electrons. The second-order valence-electron chi connectivity index (χ2n) is 7.91. The zero-order chi connectivity index (χ0) is 22.2. The number of rotatable bonds is 6. The van der Waals surface area contributed by atoms with Gasteiger partial charge in [0.15, 0.2) is 6.29 Å². The third-order valence-electron chi connectivity index (χ3n) is 6.09. The molecule has 1 unspecified atom stereocenters. The topological polar surface area (TPSA) is 202 Å². The normalized spacial score (nSPS) is 52.5. The number of aliphatic hydroxyl groups is 8. The zero-order valence-corrected chi connectivity index (χ0v) is 16.0. The van der Waals surface area contributed by atoms with E-state index in [4.69, 9.17) is 14.2 Å². The van der Waals surface area contributed by atoms with Gasteiger partial charge in [-0.25, -0.2) is 4.39 Å². The third kappa shape index (κ3) is 4.35. The van der Waals surface area contributed by atoms with Crippen LogP contribution < -0.4 is 5.32 Å². The van der Waals surface area contributed by atoms with E-state index in [0.29, 0.717) is 0 Å². The fourth-order valence-electron chi connectivity index (χ4n) is 4.36. The molecule has 0 aromatic carbocycles. The van der Waals surface area contributed by atoms with Gasteiger partial charge < -0.3 is 60.4 Å². The summed E-state index contributed by atoms with van der Waals surface area (Å²) < 4.78 is 29.3. The van der Waals surface area contributed by atoms with E-state index in [-0.39, 0.29) is 13.2 Å². The van der Waals surface area contributed by atoms with Crippen molar-refractivity contribution < 1.29 is 59.5 Å². The van der Waals surface area contributed by atoms with E-state index >= 15 is 0 Å². The van der Waals surface area contributed by atoms with Crippen LogP contribution in [0, 0.1) is 5.92 Å². The third-order valence-corrected chi connectivity index (χ3v) is 6.09. The minimum atomic E-state index is -1.80. The lowest BCUT2D eigenvalue weighted by Gasteiger charge is -2.47. The molecule has 30 heavy (non-hydrogen) atoms. The number of hydrogen-bond acceptors (Lipinski definition) is 12. The Kier molecular flexibility index (Phi) is 7.98. The number of β-amino-alcohol motifs (C(OH)–C–C–N with tert-alkyl or cyclic N) is 1. The van der Waals surface area contributed by atoms with E-state index in [1.54, 1.807) is 0 Å². The second kappa shape index (κ2) is 9.94. The predicted molar refractivity (Wildman–Crippen MR) is 93.7 cm³/mol. The maximum Gasteiger partial charge on any atom is 0.187 e. The van der Waals surface area contributed by atoms with Crippen molar-refractivity contribution in [2.75, 3.05) is 26.4 Å². The standard InChI is InChI=1S/C17H30FNO11/c18-1-7-10(23)11(24)14(27)17(29-7)30-15-8(4-21)28-16(13(26)12(15)25)9-5(3-20)19-2-6(9)22/h5-17,19-27H,1-4H2/t5-,6-,7-,8-,9?,10-,11+,12-,13-,14-,15-,16-,17+/m1/s1. The minimum Gasteiger partial charge on any atom is -0.395 e. The van der Waals surface area contributed by atoms with Gasteiger partial charge in [-0.1, -0.05) is 0 Å². The van der Waals surface area contributed by atoms with Crippen molar-refractivity contribution in [2.45, 2.75) is 73.4 Å². The Morgan fingerprint density at radius 2 is 1.53 bits per heavy atom. The van der Waals surface area contributed by atoms with Crippen LogP contribution in [0.15, 0.2) is 0 Å². The first-order valence-corrected chi connectivity index (χ1v) is 9.81. The molecule has 9 N–H and O–H groups in total. The minimum absolute atomic E-state index is 0.134. The maximum absolute atomic E-state index is 13.1. The molecule has 3 fully saturated rings. The Bertz CT molecular complexity index is 558. The fourth-order valence-corrected chi connectivity index (χ4v) is 4.36. The van der Waals surface area contributed by atoms with Gasteiger partial charge in [0, 0.05) is 18.5 Å². The summed E-state index contributed by atoms with van der Waals surface area (Å²) in [7, 11) is 0. The van der Waals surface area contributed by atoms with Gasteiger partial charge in [-0.3, -0.25) is 0 Å². The molecule has 0 saturated carbocycles. The molecule has 0 spiro atoms. The summed E-state index contributed by atoms with van der Waals surface area (Å²) in [6, 6.07) is -0.617. The van der Waals surface area contributed by atoms with Crippen molar-refractivity contribution in [3.8, 4) is 0 Å². The Hall–Kier alpha value is -0.550. The highest BCUT2D eigenvalue weighted by atomic mass is 19.1. The van der Waals surface area contributed by atoms with Crippen LogP contribution in [0.25, 0.3) is 0 Å². The lowest BCUT2D eigenvalue weighted by molar-refractivity contribution is -0.343. The van der Waals surface area contributed by atoms with Crippen molar-refractivity contribution in [3.05, 3.63) is 0 Å². The molecule has 0 bridgehead atoms. The van der Waals surface area contributed by atoms with Crippen molar-refractivity contribution in [2.24, 2.45) is 5.92 Å². The summed E-state index contributed by atoms with van der Waals surface area (Å²) in [6.07, 6.45) is -16.6. The molecule has 0 aliphatic carbocycles. The molecule has 13 heteroatoms. The fraction of sp³-hybridized carbons (Fsp3) is 1.00. The van der Waals surface area contributed by atoms with E-state index in [2.05, 4.69) is 5.32 Å². The molecule has 0 aromatic heterocycles. The monoisotopic (exact) mass is 443 g/mol. The highest BCUT2D eigenvalue weighted by molar-refractivity contribution is 5.03. The van der Waals surface area contributed by atoms with E-state index in [1.807, 2.05) is 0 Å². The average molecular weight is 443 g/mol. The van der Waals surface area contributed by atoms with Crippen LogP contribution in [0.1, 0.15) is 0 Å². The maximum atomic E-state index is 13.1. The predicted octanol–water partition coefficient (Wildman–Crippen LogP) is -5.43. The number of aliphatic hydroxyl groups excluding tert-OH is 8. The molecular formula is C17H30FNO11. The van der Waals surface area contributed by atoms with Crippen LogP contribution in [-0.4, -0.2) is 141 Å². The molecular weight excluding hydrogens is 413 g/mol. The van der Waals surface area contributed by atoms with E-state index in [9.17, 15) is 45.2 Å². The summed E-state index contributed by atoms with van der Waals surface area (Å²) in [4.78, 5) is 0. The summed E-state index contributed by atoms with van der Waals surface area (Å²) in [5, 5.41) is 83.2. The largest absolute Gasteiger partial charge is 0.395 e. The Balaban J connectivity index is 1.75. The van der Waals surface area contributed by atoms with Crippen LogP contribution in [0.3, 0.4) is 0 Å². The number of halogens is 1. The van der Waals surface area contributed by atoms with Crippen LogP contribution in [0.2, 0.25) is 0 Å². The Morgan fingerprint density at radius 1 is 0.833 bits per heavy atom. The summed E-state index contributed by atoms with van der Waals surface area (Å²) in [5.74, 6) is -0.793.